The van der Waals surface area contributed by atoms with E-state index in [-0.39, 0.29) is 22.4 Å². The second kappa shape index (κ2) is 7.30. The Morgan fingerprint density at radius 2 is 1.93 bits per heavy atom. The first-order chi connectivity index (χ1) is 13.0. The fraction of sp³-hybridized carbons (Fsp3) is 0.579. The summed E-state index contributed by atoms with van der Waals surface area (Å²) in [5.41, 5.74) is 7.37. The maximum atomic E-state index is 12.9. The molecule has 2 amide bonds. The van der Waals surface area contributed by atoms with E-state index in [1.807, 2.05) is 0 Å². The van der Waals surface area contributed by atoms with Gasteiger partial charge >= 0.3 is 0 Å². The summed E-state index contributed by atoms with van der Waals surface area (Å²) in [5, 5.41) is 1.01. The van der Waals surface area contributed by atoms with E-state index in [9.17, 15) is 9.59 Å². The highest BCUT2D eigenvalue weighted by Gasteiger charge is 2.36. The Bertz CT molecular complexity index is 773. The summed E-state index contributed by atoms with van der Waals surface area (Å²) in [6.07, 6.45) is 5.45. The lowest BCUT2D eigenvalue weighted by molar-refractivity contribution is -0.134. The molecule has 7 nitrogen and oxygen atoms in total. The molecule has 1 saturated heterocycles. The normalized spacial score (nSPS) is 20.7. The smallest absolute Gasteiger partial charge is 0.278 e. The molecule has 4 N–H and O–H groups in total. The second-order valence-electron chi connectivity index (χ2n) is 7.63. The van der Waals surface area contributed by atoms with E-state index in [0.29, 0.717) is 30.5 Å². The van der Waals surface area contributed by atoms with Gasteiger partial charge in [0.15, 0.2) is 0 Å². The fourth-order valence-electron chi connectivity index (χ4n) is 4.07. The monoisotopic (exact) mass is 392 g/mol. The maximum Gasteiger partial charge on any atom is 0.278 e. The molecule has 4 rings (SSSR count). The zero-order valence-corrected chi connectivity index (χ0v) is 16.0. The summed E-state index contributed by atoms with van der Waals surface area (Å²) in [5.74, 6) is 5.19. The van der Waals surface area contributed by atoms with Gasteiger partial charge in [0.2, 0.25) is 5.91 Å². The van der Waals surface area contributed by atoms with Crippen LogP contribution < -0.4 is 16.3 Å². The number of nitrogen functional groups attached to an aromatic ring is 1. The van der Waals surface area contributed by atoms with E-state index in [0.717, 1.165) is 42.9 Å². The highest BCUT2D eigenvalue weighted by atomic mass is 35.5. The number of nitrogens with zero attached hydrogens (tertiary/aromatic N) is 2. The van der Waals surface area contributed by atoms with Crippen molar-refractivity contribution in [3.63, 3.8) is 0 Å². The van der Waals surface area contributed by atoms with Crippen LogP contribution in [0, 0.1) is 5.92 Å². The van der Waals surface area contributed by atoms with Crippen LogP contribution in [-0.2, 0) is 11.2 Å². The molecule has 2 aliphatic heterocycles. The molecular formula is C19H25ClN4O3. The van der Waals surface area contributed by atoms with Crippen molar-refractivity contribution >= 4 is 29.1 Å². The zero-order chi connectivity index (χ0) is 19.1. The van der Waals surface area contributed by atoms with Gasteiger partial charge in [0.05, 0.1) is 22.9 Å². The number of benzene rings is 1. The number of likely N-dealkylation sites (tertiary alicyclic amines) is 1. The van der Waals surface area contributed by atoms with Crippen LogP contribution >= 0.6 is 11.6 Å². The van der Waals surface area contributed by atoms with Gasteiger partial charge in [-0.05, 0) is 57.7 Å². The third-order valence-corrected chi connectivity index (χ3v) is 6.13. The number of hydrazine groups is 1. The van der Waals surface area contributed by atoms with Gasteiger partial charge in [0.25, 0.3) is 5.91 Å². The predicted molar refractivity (Wildman–Crippen MR) is 102 cm³/mol. The first-order valence-electron chi connectivity index (χ1n) is 9.58. The number of anilines is 1. The van der Waals surface area contributed by atoms with E-state index < -0.39 is 5.91 Å². The van der Waals surface area contributed by atoms with Gasteiger partial charge in [-0.15, -0.1) is 0 Å². The molecule has 1 aliphatic carbocycles. The average Bonchev–Trinajstić information content (AvgIpc) is 3.54. The Labute approximate surface area is 163 Å². The number of carbonyl (C=O) groups is 2. The van der Waals surface area contributed by atoms with Crippen LogP contribution in [0.2, 0.25) is 5.02 Å². The molecule has 1 aromatic carbocycles. The summed E-state index contributed by atoms with van der Waals surface area (Å²) in [6.45, 7) is 2.26. The number of rotatable bonds is 3. The fourth-order valence-corrected chi connectivity index (χ4v) is 4.30. The SMILES string of the molecule is Nc1c(Cl)cc(C(=O)N(N)C(=O)C2CCN(C3CC3)CC2)c2c1CCCO2. The van der Waals surface area contributed by atoms with Crippen LogP contribution in [0.5, 0.6) is 5.75 Å². The summed E-state index contributed by atoms with van der Waals surface area (Å²) >= 11 is 6.20. The summed E-state index contributed by atoms with van der Waals surface area (Å²) < 4.78 is 5.67. The number of imide groups is 1. The van der Waals surface area contributed by atoms with Gasteiger partial charge in [-0.25, -0.2) is 10.9 Å². The van der Waals surface area contributed by atoms with E-state index in [2.05, 4.69) is 4.90 Å². The number of carbonyl (C=O) groups excluding carboxylic acids is 2. The van der Waals surface area contributed by atoms with Gasteiger partial charge in [-0.1, -0.05) is 11.6 Å². The van der Waals surface area contributed by atoms with Crippen molar-refractivity contribution in [2.24, 2.45) is 11.8 Å². The highest BCUT2D eigenvalue weighted by Crippen LogP contribution is 2.39. The molecule has 0 unspecified atom stereocenters. The summed E-state index contributed by atoms with van der Waals surface area (Å²) in [6, 6.07) is 2.14. The Morgan fingerprint density at radius 1 is 1.22 bits per heavy atom. The first kappa shape index (κ1) is 18.5. The van der Waals surface area contributed by atoms with Gasteiger partial charge in [-0.3, -0.25) is 9.59 Å². The quantitative estimate of drug-likeness (QED) is 0.268. The molecule has 0 aromatic heterocycles. The maximum absolute atomic E-state index is 12.9. The molecule has 27 heavy (non-hydrogen) atoms. The molecule has 1 aromatic rings. The lowest BCUT2D eigenvalue weighted by Crippen LogP contribution is -2.49. The minimum Gasteiger partial charge on any atom is -0.492 e. The number of nitrogens with two attached hydrogens (primary N) is 2. The molecule has 0 spiro atoms. The Balaban J connectivity index is 1.50. The van der Waals surface area contributed by atoms with Crippen molar-refractivity contribution in [2.45, 2.75) is 44.6 Å². The molecule has 0 bridgehead atoms. The molecule has 2 fully saturated rings. The average molecular weight is 393 g/mol. The Morgan fingerprint density at radius 3 is 2.59 bits per heavy atom. The van der Waals surface area contributed by atoms with Crippen LogP contribution in [0.1, 0.15) is 48.0 Å². The van der Waals surface area contributed by atoms with Gasteiger partial charge in [-0.2, -0.15) is 0 Å². The standard InChI is InChI=1S/C19H25ClN4O3/c20-15-10-14(17-13(16(15)21)2-1-9-27-17)19(26)24(22)18(25)11-5-7-23(8-6-11)12-3-4-12/h10-12H,1-9,21-22H2. The number of piperidine rings is 1. The number of hydrogen-bond donors (Lipinski definition) is 2. The molecule has 8 heteroatoms. The van der Waals surface area contributed by atoms with Gasteiger partial charge < -0.3 is 15.4 Å². The summed E-state index contributed by atoms with van der Waals surface area (Å²) in [7, 11) is 0. The third kappa shape index (κ3) is 3.51. The number of ether oxygens (including phenoxy) is 1. The van der Waals surface area contributed by atoms with E-state index >= 15 is 0 Å². The van der Waals surface area contributed by atoms with E-state index in [1.165, 1.54) is 18.9 Å². The lowest BCUT2D eigenvalue weighted by atomic mass is 9.95. The van der Waals surface area contributed by atoms with Crippen molar-refractivity contribution < 1.29 is 14.3 Å². The molecule has 146 valence electrons. The topological polar surface area (TPSA) is 102 Å². The largest absolute Gasteiger partial charge is 0.492 e. The molecular weight excluding hydrogens is 368 g/mol. The zero-order valence-electron chi connectivity index (χ0n) is 15.2. The second-order valence-corrected chi connectivity index (χ2v) is 8.04. The van der Waals surface area contributed by atoms with Crippen LogP contribution in [0.3, 0.4) is 0 Å². The number of halogens is 1. The van der Waals surface area contributed by atoms with Crippen molar-refractivity contribution in [3.05, 3.63) is 22.2 Å². The van der Waals surface area contributed by atoms with Crippen molar-refractivity contribution in [3.8, 4) is 5.75 Å². The number of hydrogen-bond acceptors (Lipinski definition) is 6. The van der Waals surface area contributed by atoms with E-state index in [1.54, 1.807) is 0 Å². The summed E-state index contributed by atoms with van der Waals surface area (Å²) in [4.78, 5) is 28.2. The van der Waals surface area contributed by atoms with Crippen molar-refractivity contribution in [1.82, 2.24) is 9.91 Å². The minimum absolute atomic E-state index is 0.204. The van der Waals surface area contributed by atoms with E-state index in [4.69, 9.17) is 27.9 Å². The van der Waals surface area contributed by atoms with Crippen LogP contribution in [0.4, 0.5) is 5.69 Å². The Kier molecular flexibility index (Phi) is 5.01. The first-order valence-corrected chi connectivity index (χ1v) is 9.96. The Hall–Kier alpha value is -1.83. The third-order valence-electron chi connectivity index (χ3n) is 5.82. The lowest BCUT2D eigenvalue weighted by Gasteiger charge is -2.32. The minimum atomic E-state index is -0.593. The number of fused-ring (bicyclic) bond motifs is 1. The van der Waals surface area contributed by atoms with Gasteiger partial charge in [0, 0.05) is 17.5 Å². The van der Waals surface area contributed by atoms with Crippen molar-refractivity contribution in [1.29, 1.82) is 0 Å². The molecule has 0 radical (unpaired) electrons. The van der Waals surface area contributed by atoms with Crippen LogP contribution in [0.15, 0.2) is 6.07 Å². The molecule has 0 atom stereocenters. The van der Waals surface area contributed by atoms with Crippen molar-refractivity contribution in [2.75, 3.05) is 25.4 Å². The highest BCUT2D eigenvalue weighted by molar-refractivity contribution is 6.34. The molecule has 1 saturated carbocycles. The van der Waals surface area contributed by atoms with Gasteiger partial charge in [0.1, 0.15) is 5.75 Å². The molecule has 3 aliphatic rings. The molecule has 2 heterocycles. The number of amides is 2. The predicted octanol–water partition coefficient (Wildman–Crippen LogP) is 1.96. The van der Waals surface area contributed by atoms with Crippen LogP contribution in [0.25, 0.3) is 0 Å². The van der Waals surface area contributed by atoms with Crippen LogP contribution in [-0.4, -0.2) is 47.5 Å².